The van der Waals surface area contributed by atoms with Crippen LogP contribution >= 0.6 is 0 Å². The summed E-state index contributed by atoms with van der Waals surface area (Å²) in [5.41, 5.74) is 1.33. The fourth-order valence-corrected chi connectivity index (χ4v) is 6.26. The molecule has 1 aliphatic carbocycles. The molecular formula is C35H30N2O2. The summed E-state index contributed by atoms with van der Waals surface area (Å²) in [6, 6.07) is 38.3. The van der Waals surface area contributed by atoms with Gasteiger partial charge in [-0.05, 0) is 37.0 Å². The van der Waals surface area contributed by atoms with Crippen LogP contribution in [0, 0.1) is 47.8 Å². The maximum Gasteiger partial charge on any atom is 0.169 e. The molecule has 1 fully saturated rings. The Bertz CT molecular complexity index is 1530. The predicted molar refractivity (Wildman–Crippen MR) is 151 cm³/mol. The Morgan fingerprint density at radius 3 is 1.74 bits per heavy atom. The van der Waals surface area contributed by atoms with Crippen molar-refractivity contribution in [2.75, 3.05) is 0 Å². The van der Waals surface area contributed by atoms with Crippen LogP contribution < -0.4 is 0 Å². The first-order valence-electron chi connectivity index (χ1n) is 13.2. The maximum atomic E-state index is 14.5. The first-order valence-corrected chi connectivity index (χ1v) is 13.2. The summed E-state index contributed by atoms with van der Waals surface area (Å²) in [6.07, 6.45) is 0.0484. The Balaban J connectivity index is 1.85. The summed E-state index contributed by atoms with van der Waals surface area (Å²) in [6.45, 7) is 3.95. The van der Waals surface area contributed by atoms with E-state index in [1.165, 1.54) is 0 Å². The van der Waals surface area contributed by atoms with Crippen molar-refractivity contribution in [3.05, 3.63) is 143 Å². The second-order valence-electron chi connectivity index (χ2n) is 10.6. The van der Waals surface area contributed by atoms with Crippen LogP contribution in [0.15, 0.2) is 109 Å². The summed E-state index contributed by atoms with van der Waals surface area (Å²) < 4.78 is 0. The molecule has 0 aliphatic heterocycles. The predicted octanol–water partition coefficient (Wildman–Crippen LogP) is 7.00. The average molecular weight is 511 g/mol. The topological polar surface area (TPSA) is 84.9 Å². The minimum Gasteiger partial charge on any atom is -0.384 e. The molecule has 4 atom stereocenters. The van der Waals surface area contributed by atoms with Gasteiger partial charge in [0.2, 0.25) is 0 Å². The van der Waals surface area contributed by atoms with E-state index in [9.17, 15) is 20.4 Å². The van der Waals surface area contributed by atoms with Gasteiger partial charge in [0.25, 0.3) is 0 Å². The zero-order chi connectivity index (χ0) is 27.6. The molecule has 4 heteroatoms. The summed E-state index contributed by atoms with van der Waals surface area (Å²) in [7, 11) is 0. The third-order valence-electron chi connectivity index (χ3n) is 8.30. The molecule has 0 heterocycles. The van der Waals surface area contributed by atoms with E-state index in [2.05, 4.69) is 12.1 Å². The molecule has 0 bridgehead atoms. The lowest BCUT2D eigenvalue weighted by molar-refractivity contribution is -0.0783. The van der Waals surface area contributed by atoms with E-state index in [1.54, 1.807) is 24.3 Å². The van der Waals surface area contributed by atoms with E-state index in [-0.39, 0.29) is 12.2 Å². The van der Waals surface area contributed by atoms with E-state index in [0.29, 0.717) is 16.7 Å². The van der Waals surface area contributed by atoms with Crippen molar-refractivity contribution < 1.29 is 9.90 Å². The zero-order valence-electron chi connectivity index (χ0n) is 22.1. The Labute approximate surface area is 229 Å². The molecule has 1 aliphatic rings. The largest absolute Gasteiger partial charge is 0.384 e. The lowest BCUT2D eigenvalue weighted by Gasteiger charge is -2.53. The van der Waals surface area contributed by atoms with Crippen molar-refractivity contribution in [1.29, 1.82) is 10.5 Å². The van der Waals surface area contributed by atoms with Gasteiger partial charge in [0.1, 0.15) is 5.60 Å². The number of carbonyl (C=O) groups excluding carboxylic acids is 1. The van der Waals surface area contributed by atoms with Gasteiger partial charge in [0.05, 0.1) is 18.1 Å². The first kappa shape index (κ1) is 26.1. The highest BCUT2D eigenvalue weighted by Gasteiger charge is 2.64. The van der Waals surface area contributed by atoms with Gasteiger partial charge in [-0.2, -0.15) is 10.5 Å². The zero-order valence-corrected chi connectivity index (χ0v) is 22.1. The Morgan fingerprint density at radius 1 is 0.744 bits per heavy atom. The van der Waals surface area contributed by atoms with E-state index < -0.39 is 28.8 Å². The number of nitrogens with zero attached hydrogens (tertiary/aromatic N) is 2. The maximum absolute atomic E-state index is 14.5. The van der Waals surface area contributed by atoms with Crippen LogP contribution in [-0.4, -0.2) is 10.9 Å². The number of ketones is 1. The number of carbonyl (C=O) groups is 1. The molecule has 0 unspecified atom stereocenters. The number of nitriles is 2. The first-order chi connectivity index (χ1) is 18.8. The summed E-state index contributed by atoms with van der Waals surface area (Å²) in [5.74, 6) is -2.91. The Morgan fingerprint density at radius 2 is 1.23 bits per heavy atom. The van der Waals surface area contributed by atoms with Gasteiger partial charge in [-0.25, -0.2) is 0 Å². The number of rotatable bonds is 5. The minimum absolute atomic E-state index is 0.0484. The molecule has 0 spiro atoms. The van der Waals surface area contributed by atoms with E-state index in [4.69, 9.17) is 0 Å². The van der Waals surface area contributed by atoms with Crippen LogP contribution in [0.2, 0.25) is 0 Å². The van der Waals surface area contributed by atoms with Crippen molar-refractivity contribution in [1.82, 2.24) is 0 Å². The van der Waals surface area contributed by atoms with Crippen molar-refractivity contribution in [2.24, 2.45) is 11.3 Å². The smallest absolute Gasteiger partial charge is 0.169 e. The van der Waals surface area contributed by atoms with Crippen molar-refractivity contribution in [2.45, 2.75) is 37.7 Å². The van der Waals surface area contributed by atoms with E-state index >= 15 is 0 Å². The number of benzene rings is 4. The molecule has 192 valence electrons. The molecule has 0 saturated heterocycles. The molecule has 4 aromatic rings. The van der Waals surface area contributed by atoms with Gasteiger partial charge < -0.3 is 5.11 Å². The van der Waals surface area contributed by atoms with Crippen molar-refractivity contribution in [3.63, 3.8) is 0 Å². The molecule has 4 nitrogen and oxygen atoms in total. The standard InChI is InChI=1S/C35H30N2O2/c1-24-13-17-26(18-14-24)30-21-35(39,29-11-7-4-8-12-29)32(33(38)28-9-5-3-6-10-28)31(34(30,22-36)23-37)27-19-15-25(2)16-20-27/h3-20,30-32,39H,21H2,1-2H3/t30-,31-,32-,35+/m0/s1. The van der Waals surface area contributed by atoms with Crippen LogP contribution in [0.5, 0.6) is 0 Å². The highest BCUT2D eigenvalue weighted by atomic mass is 16.3. The second kappa shape index (κ2) is 10.3. The van der Waals surface area contributed by atoms with Crippen molar-refractivity contribution >= 4 is 5.78 Å². The highest BCUT2D eigenvalue weighted by molar-refractivity contribution is 5.99. The number of Topliss-reactive ketones (excluding diaryl/α,β-unsaturated/α-hetero) is 1. The highest BCUT2D eigenvalue weighted by Crippen LogP contribution is 2.63. The summed E-state index contributed by atoms with van der Waals surface area (Å²) >= 11 is 0. The number of aliphatic hydroxyl groups is 1. The fourth-order valence-electron chi connectivity index (χ4n) is 6.26. The lowest BCUT2D eigenvalue weighted by atomic mass is 9.48. The molecule has 0 aromatic heterocycles. The SMILES string of the molecule is Cc1ccc([C@@H]2C[C@@](O)(c3ccccc3)[C@H](C(=O)c3ccccc3)[C@H](c3ccc(C)cc3)C2(C#N)C#N)cc1. The van der Waals surface area contributed by atoms with Gasteiger partial charge >= 0.3 is 0 Å². The number of hydrogen-bond donors (Lipinski definition) is 1. The fraction of sp³-hybridized carbons (Fsp3) is 0.229. The Hall–Kier alpha value is -4.51. The number of aryl methyl sites for hydroxylation is 2. The van der Waals surface area contributed by atoms with Crippen LogP contribution in [0.4, 0.5) is 0 Å². The van der Waals surface area contributed by atoms with Gasteiger partial charge in [-0.3, -0.25) is 4.79 Å². The van der Waals surface area contributed by atoms with Gasteiger partial charge in [-0.15, -0.1) is 0 Å². The molecular weight excluding hydrogens is 480 g/mol. The van der Waals surface area contributed by atoms with Crippen LogP contribution in [0.3, 0.4) is 0 Å². The average Bonchev–Trinajstić information content (AvgIpc) is 2.98. The van der Waals surface area contributed by atoms with Crippen molar-refractivity contribution in [3.8, 4) is 12.1 Å². The Kier molecular flexibility index (Phi) is 6.92. The lowest BCUT2D eigenvalue weighted by Crippen LogP contribution is -2.55. The summed E-state index contributed by atoms with van der Waals surface area (Å²) in [5, 5.41) is 34.5. The second-order valence-corrected chi connectivity index (χ2v) is 10.6. The van der Waals surface area contributed by atoms with Crippen LogP contribution in [0.25, 0.3) is 0 Å². The molecule has 39 heavy (non-hydrogen) atoms. The summed E-state index contributed by atoms with van der Waals surface area (Å²) in [4.78, 5) is 14.5. The van der Waals surface area contributed by atoms with Gasteiger partial charge in [0.15, 0.2) is 11.2 Å². The monoisotopic (exact) mass is 510 g/mol. The third kappa shape index (κ3) is 4.44. The van der Waals surface area contributed by atoms with E-state index in [0.717, 1.165) is 16.7 Å². The van der Waals surface area contributed by atoms with Gasteiger partial charge in [0, 0.05) is 17.4 Å². The molecule has 0 amide bonds. The quantitative estimate of drug-likeness (QED) is 0.293. The normalized spacial score (nSPS) is 23.8. The molecule has 1 N–H and O–H groups in total. The molecule has 5 rings (SSSR count). The molecule has 4 aromatic carbocycles. The van der Waals surface area contributed by atoms with Crippen LogP contribution in [-0.2, 0) is 5.60 Å². The number of hydrogen-bond acceptors (Lipinski definition) is 4. The van der Waals surface area contributed by atoms with Crippen LogP contribution in [0.1, 0.15) is 56.4 Å². The minimum atomic E-state index is -1.64. The molecule has 0 radical (unpaired) electrons. The van der Waals surface area contributed by atoms with Gasteiger partial charge in [-0.1, -0.05) is 120 Å². The van der Waals surface area contributed by atoms with E-state index in [1.807, 2.05) is 98.8 Å². The molecule has 1 saturated carbocycles. The third-order valence-corrected chi connectivity index (χ3v) is 8.30.